The second-order valence-electron chi connectivity index (χ2n) is 6.78. The predicted octanol–water partition coefficient (Wildman–Crippen LogP) is 3.38. The summed E-state index contributed by atoms with van der Waals surface area (Å²) >= 11 is 3.26. The van der Waals surface area contributed by atoms with Crippen molar-refractivity contribution in [2.45, 2.75) is 11.3 Å². The van der Waals surface area contributed by atoms with E-state index in [1.807, 2.05) is 5.38 Å². The second-order valence-corrected chi connectivity index (χ2v) is 10.5. The molecule has 4 rings (SSSR count). The normalized spacial score (nSPS) is 14.9. The summed E-state index contributed by atoms with van der Waals surface area (Å²) in [7, 11) is -3.43. The number of anilines is 1. The lowest BCUT2D eigenvalue weighted by Gasteiger charge is -2.34. The van der Waals surface area contributed by atoms with Gasteiger partial charge in [0.05, 0.1) is 16.3 Å². The molecule has 1 aliphatic heterocycles. The molecule has 29 heavy (non-hydrogen) atoms. The summed E-state index contributed by atoms with van der Waals surface area (Å²) in [6, 6.07) is 10.3. The molecule has 9 heteroatoms. The lowest BCUT2D eigenvalue weighted by molar-refractivity contribution is -0.131. The minimum Gasteiger partial charge on any atom is -0.345 e. The highest BCUT2D eigenvalue weighted by atomic mass is 32.2. The molecule has 0 atom stereocenters. The number of thiophene rings is 1. The monoisotopic (exact) mass is 447 g/mol. The van der Waals surface area contributed by atoms with E-state index in [4.69, 9.17) is 4.98 Å². The SMILES string of the molecule is O=C(CCS(=O)(=O)c1ccccc1)N1CCN(c2nc(-c3ccsc3)cs2)CC1. The third kappa shape index (κ3) is 4.68. The zero-order valence-electron chi connectivity index (χ0n) is 15.7. The quantitative estimate of drug-likeness (QED) is 0.579. The Morgan fingerprint density at radius 1 is 1.03 bits per heavy atom. The molecule has 6 nitrogen and oxygen atoms in total. The number of amides is 1. The van der Waals surface area contributed by atoms with E-state index in [0.717, 1.165) is 16.4 Å². The van der Waals surface area contributed by atoms with Crippen LogP contribution in [0.15, 0.2) is 57.4 Å². The molecule has 0 saturated carbocycles. The first kappa shape index (κ1) is 20.1. The van der Waals surface area contributed by atoms with Gasteiger partial charge in [0.2, 0.25) is 5.91 Å². The third-order valence-electron chi connectivity index (χ3n) is 4.90. The number of benzene rings is 1. The van der Waals surface area contributed by atoms with Crippen molar-refractivity contribution in [3.05, 3.63) is 52.5 Å². The van der Waals surface area contributed by atoms with E-state index in [1.165, 1.54) is 0 Å². The number of nitrogens with zero attached hydrogens (tertiary/aromatic N) is 3. The van der Waals surface area contributed by atoms with Gasteiger partial charge < -0.3 is 9.80 Å². The van der Waals surface area contributed by atoms with Crippen molar-refractivity contribution < 1.29 is 13.2 Å². The summed E-state index contributed by atoms with van der Waals surface area (Å²) in [5.74, 6) is -0.269. The van der Waals surface area contributed by atoms with Crippen LogP contribution in [0, 0.1) is 0 Å². The first-order valence-electron chi connectivity index (χ1n) is 9.31. The number of rotatable bonds is 6. The molecule has 0 bridgehead atoms. The zero-order valence-corrected chi connectivity index (χ0v) is 18.2. The summed E-state index contributed by atoms with van der Waals surface area (Å²) in [6.45, 7) is 2.57. The maximum absolute atomic E-state index is 12.5. The van der Waals surface area contributed by atoms with E-state index in [1.54, 1.807) is 57.9 Å². The van der Waals surface area contributed by atoms with Crippen LogP contribution in [0.5, 0.6) is 0 Å². The van der Waals surface area contributed by atoms with Crippen LogP contribution in [0.4, 0.5) is 5.13 Å². The van der Waals surface area contributed by atoms with Crippen LogP contribution in [-0.2, 0) is 14.6 Å². The summed E-state index contributed by atoms with van der Waals surface area (Å²) in [5, 5.41) is 7.14. The topological polar surface area (TPSA) is 70.6 Å². The van der Waals surface area contributed by atoms with Crippen molar-refractivity contribution in [1.82, 2.24) is 9.88 Å². The van der Waals surface area contributed by atoms with Crippen LogP contribution in [0.3, 0.4) is 0 Å². The number of thiazole rings is 1. The Morgan fingerprint density at radius 3 is 2.48 bits per heavy atom. The van der Waals surface area contributed by atoms with Crippen molar-refractivity contribution >= 4 is 43.5 Å². The van der Waals surface area contributed by atoms with Gasteiger partial charge in [-0.3, -0.25) is 4.79 Å². The molecule has 3 aromatic rings. The number of piperazine rings is 1. The van der Waals surface area contributed by atoms with Crippen LogP contribution in [0.2, 0.25) is 0 Å². The first-order chi connectivity index (χ1) is 14.0. The molecule has 1 aromatic carbocycles. The lowest BCUT2D eigenvalue weighted by Crippen LogP contribution is -2.49. The van der Waals surface area contributed by atoms with Gasteiger partial charge in [-0.15, -0.1) is 11.3 Å². The number of aromatic nitrogens is 1. The van der Waals surface area contributed by atoms with Crippen molar-refractivity contribution in [3.8, 4) is 11.3 Å². The Hall–Kier alpha value is -2.23. The van der Waals surface area contributed by atoms with E-state index in [9.17, 15) is 13.2 Å². The summed E-state index contributed by atoms with van der Waals surface area (Å²) in [6.07, 6.45) is 0.0107. The molecule has 1 saturated heterocycles. The molecule has 1 aliphatic rings. The summed E-state index contributed by atoms with van der Waals surface area (Å²) < 4.78 is 24.7. The molecule has 0 aliphatic carbocycles. The number of hydrogen-bond acceptors (Lipinski definition) is 7. The minimum absolute atomic E-state index is 0.0107. The largest absolute Gasteiger partial charge is 0.345 e. The Balaban J connectivity index is 1.30. The van der Waals surface area contributed by atoms with Crippen LogP contribution < -0.4 is 4.90 Å². The molecular weight excluding hydrogens is 426 g/mol. The van der Waals surface area contributed by atoms with Gasteiger partial charge in [0.15, 0.2) is 15.0 Å². The smallest absolute Gasteiger partial charge is 0.223 e. The molecule has 3 heterocycles. The van der Waals surface area contributed by atoms with E-state index in [2.05, 4.69) is 21.7 Å². The molecule has 0 unspecified atom stereocenters. The average molecular weight is 448 g/mol. The van der Waals surface area contributed by atoms with Gasteiger partial charge in [-0.25, -0.2) is 13.4 Å². The third-order valence-corrected chi connectivity index (χ3v) is 8.22. The fourth-order valence-corrected chi connectivity index (χ4v) is 6.01. The highest BCUT2D eigenvalue weighted by Crippen LogP contribution is 2.29. The Bertz CT molecular complexity index is 1050. The standard InChI is InChI=1S/C20H21N3O3S3/c24-19(7-13-29(25,26)17-4-2-1-3-5-17)22-8-10-23(11-9-22)20-21-18(15-28-20)16-6-12-27-14-16/h1-6,12,14-15H,7-11,13H2. The predicted molar refractivity (Wildman–Crippen MR) is 117 cm³/mol. The molecule has 1 amide bonds. The first-order valence-corrected chi connectivity index (χ1v) is 12.8. The second kappa shape index (κ2) is 8.64. The van der Waals surface area contributed by atoms with Crippen LogP contribution in [-0.4, -0.2) is 56.1 Å². The van der Waals surface area contributed by atoms with Crippen molar-refractivity contribution in [1.29, 1.82) is 0 Å². The van der Waals surface area contributed by atoms with Crippen molar-refractivity contribution in [2.24, 2.45) is 0 Å². The number of sulfone groups is 1. The van der Waals surface area contributed by atoms with Gasteiger partial charge in [0, 0.05) is 48.9 Å². The van der Waals surface area contributed by atoms with Gasteiger partial charge >= 0.3 is 0 Å². The molecule has 0 spiro atoms. The van der Waals surface area contributed by atoms with Crippen LogP contribution in [0.25, 0.3) is 11.3 Å². The summed E-state index contributed by atoms with van der Waals surface area (Å²) in [5.41, 5.74) is 2.11. The van der Waals surface area contributed by atoms with Gasteiger partial charge in [-0.05, 0) is 23.6 Å². The fraction of sp³-hybridized carbons (Fsp3) is 0.300. The van der Waals surface area contributed by atoms with Gasteiger partial charge in [-0.1, -0.05) is 18.2 Å². The minimum atomic E-state index is -3.43. The van der Waals surface area contributed by atoms with Crippen LogP contribution >= 0.6 is 22.7 Å². The highest BCUT2D eigenvalue weighted by molar-refractivity contribution is 7.91. The number of hydrogen-bond donors (Lipinski definition) is 0. The summed E-state index contributed by atoms with van der Waals surface area (Å²) in [4.78, 5) is 21.4. The Kier molecular flexibility index (Phi) is 5.98. The molecule has 2 aromatic heterocycles. The van der Waals surface area contributed by atoms with Gasteiger partial charge in [0.1, 0.15) is 0 Å². The molecule has 1 fully saturated rings. The van der Waals surface area contributed by atoms with Gasteiger partial charge in [-0.2, -0.15) is 11.3 Å². The van der Waals surface area contributed by atoms with E-state index in [-0.39, 0.29) is 23.0 Å². The lowest BCUT2D eigenvalue weighted by atomic mass is 10.3. The molecule has 0 radical (unpaired) electrons. The fourth-order valence-electron chi connectivity index (χ4n) is 3.22. The van der Waals surface area contributed by atoms with Gasteiger partial charge in [0.25, 0.3) is 0 Å². The van der Waals surface area contributed by atoms with Crippen molar-refractivity contribution in [2.75, 3.05) is 36.8 Å². The average Bonchev–Trinajstić information content (AvgIpc) is 3.45. The highest BCUT2D eigenvalue weighted by Gasteiger charge is 2.24. The van der Waals surface area contributed by atoms with E-state index >= 15 is 0 Å². The number of carbonyl (C=O) groups is 1. The zero-order chi connectivity index (χ0) is 20.3. The maximum Gasteiger partial charge on any atom is 0.223 e. The molecular formula is C20H21N3O3S3. The number of carbonyl (C=O) groups excluding carboxylic acids is 1. The van der Waals surface area contributed by atoms with Crippen LogP contribution in [0.1, 0.15) is 6.42 Å². The molecule has 0 N–H and O–H groups in total. The maximum atomic E-state index is 12.5. The van der Waals surface area contributed by atoms with E-state index in [0.29, 0.717) is 26.2 Å². The molecule has 152 valence electrons. The Morgan fingerprint density at radius 2 is 1.79 bits per heavy atom. The Labute approximate surface area is 178 Å². The van der Waals surface area contributed by atoms with Crippen molar-refractivity contribution in [3.63, 3.8) is 0 Å². The van der Waals surface area contributed by atoms with E-state index < -0.39 is 9.84 Å².